The summed E-state index contributed by atoms with van der Waals surface area (Å²) in [6.07, 6.45) is 4.17. The van der Waals surface area contributed by atoms with E-state index in [0.717, 1.165) is 179 Å². The predicted molar refractivity (Wildman–Crippen MR) is 462 cm³/mol. The van der Waals surface area contributed by atoms with E-state index in [1.165, 1.54) is 65.4 Å². The van der Waals surface area contributed by atoms with E-state index in [1.54, 1.807) is 0 Å². The maximum absolute atomic E-state index is 6.40. The summed E-state index contributed by atoms with van der Waals surface area (Å²) >= 11 is 0. The smallest absolute Gasteiger partial charge is 0.160 e. The first-order valence-electron chi connectivity index (χ1n) is 38.3. The van der Waals surface area contributed by atoms with E-state index >= 15 is 0 Å². The van der Waals surface area contributed by atoms with Gasteiger partial charge in [0.05, 0.1) is 44.3 Å². The molecule has 0 aliphatic heterocycles. The largest absolute Gasteiger partial charge is 0.456 e. The molecule has 0 fully saturated rings. The van der Waals surface area contributed by atoms with Crippen molar-refractivity contribution in [2.45, 2.75) is 12.8 Å². The molecule has 8 heteroatoms. The summed E-state index contributed by atoms with van der Waals surface area (Å²) in [6.45, 7) is 0. The molecule has 0 N–H and O–H groups in total. The number of hydrogen-bond acceptors (Lipinski definition) is 5. The van der Waals surface area contributed by atoms with Crippen molar-refractivity contribution in [3.63, 3.8) is 0 Å². The van der Waals surface area contributed by atoms with Crippen LogP contribution < -0.4 is 0 Å². The van der Waals surface area contributed by atoms with Crippen LogP contribution in [0.15, 0.2) is 365 Å². The van der Waals surface area contributed by atoms with E-state index in [1.807, 2.05) is 30.3 Å². The van der Waals surface area contributed by atoms with Crippen LogP contribution in [0.2, 0.25) is 0 Å². The van der Waals surface area contributed by atoms with Crippen LogP contribution in [0.25, 0.3) is 227 Å². The Balaban J connectivity index is 0.589. The Labute approximate surface area is 641 Å². The van der Waals surface area contributed by atoms with Gasteiger partial charge in [0.2, 0.25) is 0 Å². The topological polar surface area (TPSA) is 80.0 Å². The third kappa shape index (κ3) is 9.75. The fourth-order valence-corrected chi connectivity index (χ4v) is 18.2. The van der Waals surface area contributed by atoms with Crippen molar-refractivity contribution in [3.05, 3.63) is 369 Å². The van der Waals surface area contributed by atoms with Gasteiger partial charge in [0, 0.05) is 98.4 Å². The lowest BCUT2D eigenvalue weighted by Gasteiger charge is -2.14. The molecule has 23 aromatic rings. The van der Waals surface area contributed by atoms with Crippen molar-refractivity contribution in [3.8, 4) is 84.2 Å². The van der Waals surface area contributed by atoms with Crippen LogP contribution >= 0.6 is 0 Å². The molecule has 7 aromatic heterocycles. The van der Waals surface area contributed by atoms with Gasteiger partial charge in [-0.05, 0) is 214 Å². The van der Waals surface area contributed by atoms with Crippen LogP contribution in [0.3, 0.4) is 0 Å². The second-order valence-corrected chi connectivity index (χ2v) is 29.8. The molecule has 0 radical (unpaired) electrons. The van der Waals surface area contributed by atoms with E-state index in [-0.39, 0.29) is 0 Å². The monoisotopic (exact) mass is 1430 g/mol. The van der Waals surface area contributed by atoms with Gasteiger partial charge < -0.3 is 27.0 Å². The van der Waals surface area contributed by atoms with Crippen LogP contribution in [0.5, 0.6) is 0 Å². The van der Waals surface area contributed by atoms with E-state index in [2.05, 4.69) is 341 Å². The molecular formula is C104H63N5O3. The highest BCUT2D eigenvalue weighted by atomic mass is 16.3. The Morgan fingerprint density at radius 2 is 0.571 bits per heavy atom. The summed E-state index contributed by atoms with van der Waals surface area (Å²) in [7, 11) is 0. The first-order chi connectivity index (χ1) is 55.4. The molecule has 0 atom stereocenters. The number of allylic oxidation sites excluding steroid dienone is 1. The lowest BCUT2D eigenvalue weighted by atomic mass is 9.91. The molecule has 112 heavy (non-hydrogen) atoms. The Morgan fingerprint density at radius 3 is 1.08 bits per heavy atom. The lowest BCUT2D eigenvalue weighted by Crippen LogP contribution is -1.98. The van der Waals surface area contributed by atoms with Crippen LogP contribution in [0.4, 0.5) is 0 Å². The van der Waals surface area contributed by atoms with Crippen molar-refractivity contribution in [2.24, 2.45) is 0 Å². The minimum Gasteiger partial charge on any atom is -0.456 e. The van der Waals surface area contributed by atoms with Crippen molar-refractivity contribution in [1.29, 1.82) is 0 Å². The molecule has 0 saturated carbocycles. The predicted octanol–water partition coefficient (Wildman–Crippen LogP) is 28.0. The maximum atomic E-state index is 6.40. The van der Waals surface area contributed by atoms with Crippen molar-refractivity contribution < 1.29 is 13.3 Å². The molecule has 7 heterocycles. The average molecular weight is 1430 g/mol. The second-order valence-electron chi connectivity index (χ2n) is 29.8. The van der Waals surface area contributed by atoms with E-state index in [4.69, 9.17) is 23.2 Å². The molecule has 1 aliphatic rings. The number of benzene rings is 16. The average Bonchev–Trinajstić information content (AvgIpc) is 1.52. The number of furan rings is 3. The molecule has 1 aliphatic carbocycles. The first-order valence-corrected chi connectivity index (χ1v) is 38.3. The summed E-state index contributed by atoms with van der Waals surface area (Å²) in [5.74, 6) is 1.62. The maximum Gasteiger partial charge on any atom is 0.160 e. The Bertz CT molecular complexity index is 7910. The molecule has 522 valence electrons. The third-order valence-electron chi connectivity index (χ3n) is 23.7. The highest BCUT2D eigenvalue weighted by molar-refractivity contribution is 6.14. The zero-order valence-electron chi connectivity index (χ0n) is 60.4. The minimum atomic E-state index is 0.644. The third-order valence-corrected chi connectivity index (χ3v) is 23.7. The first kappa shape index (κ1) is 62.2. The molecule has 0 amide bonds. The Hall–Kier alpha value is -14.9. The molecule has 0 bridgehead atoms. The number of aromatic nitrogens is 5. The standard InChI is InChI=1S/C104H63N5O3/c1-7-19-91-77(13-1)80-48-35-68(71-38-51-86-83-16-4-10-22-97(83)110-100(86)59-71)56-94(80)107(91)74-42-29-63(30-43-74)62-25-27-64(28-26-62)67-41-54-90-89(55-67)103(65-31-44-75(45-32-65)108-92-20-8-2-14-78(92)81-49-36-69(57-95(81)108)72-39-52-87-84-17-5-11-23-98(84)111-101(87)60-72)106-104(105-90)66-33-46-76(47-34-66)109-93-21-9-3-15-79(93)82-50-37-70(58-96(82)109)73-40-53-88-85-18-6-12-24-99(85)112-102(88)61-73/h1-37,39-50,52-61H,38,51H2. The molecule has 24 rings (SSSR count). The number of aryl methyl sites for hydroxylation is 1. The second kappa shape index (κ2) is 24.3. The van der Waals surface area contributed by atoms with Gasteiger partial charge in [-0.3, -0.25) is 0 Å². The quantitative estimate of drug-likeness (QED) is 0.136. The van der Waals surface area contributed by atoms with Gasteiger partial charge >= 0.3 is 0 Å². The minimum absolute atomic E-state index is 0.644. The van der Waals surface area contributed by atoms with Gasteiger partial charge in [0.15, 0.2) is 5.82 Å². The molecule has 0 saturated heterocycles. The molecule has 0 unspecified atom stereocenters. The normalized spacial score (nSPS) is 12.6. The molecule has 8 nitrogen and oxygen atoms in total. The Kier molecular flexibility index (Phi) is 13.5. The van der Waals surface area contributed by atoms with Gasteiger partial charge in [-0.25, -0.2) is 9.97 Å². The van der Waals surface area contributed by atoms with Crippen molar-refractivity contribution >= 4 is 143 Å². The van der Waals surface area contributed by atoms with Gasteiger partial charge in [-0.2, -0.15) is 0 Å². The Morgan fingerprint density at radius 1 is 0.223 bits per heavy atom. The highest BCUT2D eigenvalue weighted by Gasteiger charge is 2.24. The summed E-state index contributed by atoms with van der Waals surface area (Å²) in [6, 6.07) is 127. The van der Waals surface area contributed by atoms with Gasteiger partial charge in [0.1, 0.15) is 33.7 Å². The number of hydrogen-bond donors (Lipinski definition) is 0. The van der Waals surface area contributed by atoms with Gasteiger partial charge in [-0.15, -0.1) is 0 Å². The summed E-state index contributed by atoms with van der Waals surface area (Å²) in [5, 5.41) is 13.9. The molecule has 16 aromatic carbocycles. The van der Waals surface area contributed by atoms with Crippen LogP contribution in [-0.4, -0.2) is 23.7 Å². The zero-order chi connectivity index (χ0) is 73.2. The van der Waals surface area contributed by atoms with Crippen LogP contribution in [0, 0.1) is 0 Å². The summed E-state index contributed by atoms with van der Waals surface area (Å²) in [5.41, 5.74) is 30.9. The van der Waals surface area contributed by atoms with E-state index in [0.29, 0.717) is 5.82 Å². The summed E-state index contributed by atoms with van der Waals surface area (Å²) in [4.78, 5) is 11.1. The SMILES string of the molecule is C1=C(c2ccc3c4ccccc4n(-c4ccc(-c5ccc(-c6ccc7nc(-c8ccc(-n9c%10ccccc%10c%10ccc(-c%11ccc%12c(c%11)oc%11ccccc%11%12)cc%109)cc8)nc(-c8ccc(-n9c%10ccccc%10c%10ccc(-c%11ccc%12c(c%11)oc%11ccccc%11%12)cc%109)cc8)c7c6)cc5)cc4)c3c2)CCc2c1oc1ccccc21. The number of para-hydroxylation sites is 6. The van der Waals surface area contributed by atoms with Crippen LogP contribution in [0.1, 0.15) is 23.3 Å². The van der Waals surface area contributed by atoms with Gasteiger partial charge in [0.25, 0.3) is 0 Å². The van der Waals surface area contributed by atoms with Gasteiger partial charge in [-0.1, -0.05) is 212 Å². The molecular weight excluding hydrogens is 1370 g/mol. The highest BCUT2D eigenvalue weighted by Crippen LogP contribution is 2.45. The fourth-order valence-electron chi connectivity index (χ4n) is 18.2. The van der Waals surface area contributed by atoms with Crippen molar-refractivity contribution in [1.82, 2.24) is 23.7 Å². The molecule has 0 spiro atoms. The number of nitrogens with zero attached hydrogens (tertiary/aromatic N) is 5. The zero-order valence-corrected chi connectivity index (χ0v) is 60.4. The van der Waals surface area contributed by atoms with E-state index in [9.17, 15) is 0 Å². The van der Waals surface area contributed by atoms with Crippen LogP contribution in [-0.2, 0) is 6.42 Å². The number of fused-ring (bicyclic) bond motifs is 19. The van der Waals surface area contributed by atoms with E-state index < -0.39 is 0 Å². The summed E-state index contributed by atoms with van der Waals surface area (Å²) < 4.78 is 26.4. The number of rotatable bonds is 10. The van der Waals surface area contributed by atoms with Crippen molar-refractivity contribution in [2.75, 3.05) is 0 Å². The lowest BCUT2D eigenvalue weighted by molar-refractivity contribution is 0.596. The fraction of sp³-hybridized carbons (Fsp3) is 0.0192.